The largest absolute Gasteiger partial charge is 0.440 e. The van der Waals surface area contributed by atoms with Crippen LogP contribution in [0.1, 0.15) is 10.6 Å². The van der Waals surface area contributed by atoms with E-state index in [2.05, 4.69) is 9.69 Å². The van der Waals surface area contributed by atoms with E-state index >= 15 is 0 Å². The summed E-state index contributed by atoms with van der Waals surface area (Å²) in [7, 11) is -3.48. The second kappa shape index (κ2) is 5.98. The predicted molar refractivity (Wildman–Crippen MR) is 87.3 cm³/mol. The first-order valence-corrected chi connectivity index (χ1v) is 9.23. The lowest BCUT2D eigenvalue weighted by atomic mass is 10.2. The summed E-state index contributed by atoms with van der Waals surface area (Å²) in [4.78, 5) is 12.1. The molecule has 2 aromatic heterocycles. The lowest BCUT2D eigenvalue weighted by Gasteiger charge is -1.98. The number of nitrogens with zero attached hydrogens (tertiary/aromatic N) is 1. The molecule has 0 aliphatic carbocycles. The normalized spacial score (nSPS) is 11.3. The highest BCUT2D eigenvalue weighted by molar-refractivity contribution is 7.90. The van der Waals surface area contributed by atoms with Crippen LogP contribution in [-0.2, 0) is 9.84 Å². The van der Waals surface area contributed by atoms with Gasteiger partial charge in [-0.05, 0) is 23.7 Å². The van der Waals surface area contributed by atoms with E-state index in [1.54, 1.807) is 6.07 Å². The summed E-state index contributed by atoms with van der Waals surface area (Å²) in [6.07, 6.45) is 1.02. The van der Waals surface area contributed by atoms with Crippen molar-refractivity contribution in [3.8, 4) is 11.3 Å². The molecule has 0 saturated carbocycles. The Balaban J connectivity index is 1.76. The highest BCUT2D eigenvalue weighted by Crippen LogP contribution is 2.25. The van der Waals surface area contributed by atoms with Crippen LogP contribution < -0.4 is 5.32 Å². The van der Waals surface area contributed by atoms with E-state index in [0.29, 0.717) is 5.00 Å². The summed E-state index contributed by atoms with van der Waals surface area (Å²) in [5.74, 6) is -0.594. The van der Waals surface area contributed by atoms with E-state index in [0.717, 1.165) is 29.0 Å². The number of hydrogen-bond donors (Lipinski definition) is 1. The van der Waals surface area contributed by atoms with E-state index in [1.165, 1.54) is 12.1 Å². The molecule has 0 aliphatic rings. The minimum Gasteiger partial charge on any atom is -0.440 e. The monoisotopic (exact) mass is 348 g/mol. The summed E-state index contributed by atoms with van der Waals surface area (Å²) < 4.78 is 32.0. The first kappa shape index (κ1) is 15.4. The molecular formula is C15H12N2O4S2. The second-order valence-corrected chi connectivity index (χ2v) is 7.54. The topological polar surface area (TPSA) is 89.3 Å². The van der Waals surface area contributed by atoms with Gasteiger partial charge in [-0.15, -0.1) is 0 Å². The van der Waals surface area contributed by atoms with Gasteiger partial charge in [0, 0.05) is 17.9 Å². The number of aromatic nitrogens is 1. The number of sulfone groups is 1. The Morgan fingerprint density at radius 3 is 2.57 bits per heavy atom. The zero-order valence-corrected chi connectivity index (χ0v) is 13.6. The number of furan rings is 1. The molecule has 1 amide bonds. The van der Waals surface area contributed by atoms with Gasteiger partial charge in [0.15, 0.2) is 5.76 Å². The fourth-order valence-corrected chi connectivity index (χ4v) is 3.11. The molecule has 0 radical (unpaired) electrons. The van der Waals surface area contributed by atoms with Crippen molar-refractivity contribution in [3.63, 3.8) is 0 Å². The second-order valence-electron chi connectivity index (χ2n) is 4.79. The minimum atomic E-state index is -3.48. The van der Waals surface area contributed by atoms with E-state index in [1.807, 2.05) is 30.3 Å². The van der Waals surface area contributed by atoms with Gasteiger partial charge >= 0.3 is 0 Å². The maximum Gasteiger partial charge on any atom is 0.292 e. The van der Waals surface area contributed by atoms with Crippen molar-refractivity contribution in [2.24, 2.45) is 0 Å². The summed E-state index contributed by atoms with van der Waals surface area (Å²) >= 11 is 1.14. The van der Waals surface area contributed by atoms with Crippen LogP contribution in [0.4, 0.5) is 5.00 Å². The van der Waals surface area contributed by atoms with Crippen LogP contribution >= 0.6 is 11.5 Å². The van der Waals surface area contributed by atoms with Gasteiger partial charge in [-0.25, -0.2) is 8.42 Å². The molecule has 3 aromatic rings. The average Bonchev–Trinajstić information content (AvgIpc) is 3.17. The summed E-state index contributed by atoms with van der Waals surface area (Å²) in [6.45, 7) is 0. The number of benzene rings is 1. The molecule has 0 spiro atoms. The highest BCUT2D eigenvalue weighted by atomic mass is 32.2. The van der Waals surface area contributed by atoms with E-state index in [-0.39, 0.29) is 10.9 Å². The molecular weight excluding hydrogens is 336 g/mol. The number of carbonyl (C=O) groups is 1. The Morgan fingerprint density at radius 1 is 1.17 bits per heavy atom. The quantitative estimate of drug-likeness (QED) is 0.783. The van der Waals surface area contributed by atoms with Crippen molar-refractivity contribution in [3.05, 3.63) is 54.3 Å². The maximum absolute atomic E-state index is 12.1. The predicted octanol–water partition coefficient (Wildman–Crippen LogP) is 3.06. The fourth-order valence-electron chi connectivity index (χ4n) is 1.89. The van der Waals surface area contributed by atoms with Gasteiger partial charge in [-0.3, -0.25) is 4.79 Å². The van der Waals surface area contributed by atoms with E-state index < -0.39 is 15.7 Å². The molecule has 0 fully saturated rings. The lowest BCUT2D eigenvalue weighted by Crippen LogP contribution is -2.09. The lowest BCUT2D eigenvalue weighted by molar-refractivity contribution is 0.0992. The van der Waals surface area contributed by atoms with Crippen LogP contribution in [0.2, 0.25) is 0 Å². The van der Waals surface area contributed by atoms with Crippen LogP contribution in [0.3, 0.4) is 0 Å². The number of hydrogen-bond acceptors (Lipinski definition) is 6. The first-order valence-electron chi connectivity index (χ1n) is 6.57. The molecule has 2 heterocycles. The van der Waals surface area contributed by atoms with Crippen molar-refractivity contribution >= 4 is 32.3 Å². The number of anilines is 1. The SMILES string of the molecule is CS(=O)(=O)c1ccc(C(=O)Nc2cc(-c3ccccc3)ns2)o1. The minimum absolute atomic E-state index is 0.0694. The third-order valence-electron chi connectivity index (χ3n) is 2.99. The maximum atomic E-state index is 12.1. The first-order chi connectivity index (χ1) is 10.9. The van der Waals surface area contributed by atoms with Crippen LogP contribution in [0.5, 0.6) is 0 Å². The van der Waals surface area contributed by atoms with Crippen LogP contribution in [0.15, 0.2) is 58.0 Å². The van der Waals surface area contributed by atoms with Gasteiger partial charge in [-0.2, -0.15) is 4.37 Å². The summed E-state index contributed by atoms with van der Waals surface area (Å²) in [5.41, 5.74) is 1.70. The molecule has 6 nitrogen and oxygen atoms in total. The Morgan fingerprint density at radius 2 is 1.91 bits per heavy atom. The summed E-state index contributed by atoms with van der Waals surface area (Å²) in [5, 5.41) is 2.95. The molecule has 1 aromatic carbocycles. The molecule has 1 N–H and O–H groups in total. The molecule has 3 rings (SSSR count). The molecule has 0 unspecified atom stereocenters. The molecule has 118 valence electrons. The van der Waals surface area contributed by atoms with Gasteiger partial charge in [0.2, 0.25) is 14.9 Å². The van der Waals surface area contributed by atoms with Crippen molar-refractivity contribution in [2.45, 2.75) is 5.09 Å². The number of rotatable bonds is 4. The number of nitrogens with one attached hydrogen (secondary N) is 1. The summed E-state index contributed by atoms with van der Waals surface area (Å²) in [6, 6.07) is 13.9. The Kier molecular flexibility index (Phi) is 4.01. The zero-order valence-electron chi connectivity index (χ0n) is 12.0. The zero-order chi connectivity index (χ0) is 16.4. The third-order valence-corrected chi connectivity index (χ3v) is 4.64. The molecule has 0 saturated heterocycles. The van der Waals surface area contributed by atoms with Crippen molar-refractivity contribution in [1.29, 1.82) is 0 Å². The van der Waals surface area contributed by atoms with Crippen molar-refractivity contribution in [1.82, 2.24) is 4.37 Å². The molecule has 0 bridgehead atoms. The van der Waals surface area contributed by atoms with Crippen molar-refractivity contribution in [2.75, 3.05) is 11.6 Å². The van der Waals surface area contributed by atoms with E-state index in [9.17, 15) is 13.2 Å². The molecule has 8 heteroatoms. The Labute approximate surface area is 136 Å². The van der Waals surface area contributed by atoms with Gasteiger partial charge in [0.1, 0.15) is 5.00 Å². The van der Waals surface area contributed by atoms with Gasteiger partial charge in [-0.1, -0.05) is 30.3 Å². The van der Waals surface area contributed by atoms with E-state index in [4.69, 9.17) is 4.42 Å². The molecule has 0 atom stereocenters. The van der Waals surface area contributed by atoms with Crippen LogP contribution in [0.25, 0.3) is 11.3 Å². The van der Waals surface area contributed by atoms with Gasteiger partial charge in [0.25, 0.3) is 5.91 Å². The third kappa shape index (κ3) is 3.49. The van der Waals surface area contributed by atoms with Crippen LogP contribution in [-0.4, -0.2) is 25.0 Å². The standard InChI is InChI=1S/C15H12N2O4S2/c1-23(19,20)14-8-7-12(21-14)15(18)16-13-9-11(17-22-13)10-5-3-2-4-6-10/h2-9H,1H3,(H,16,18). The highest BCUT2D eigenvalue weighted by Gasteiger charge is 2.18. The average molecular weight is 348 g/mol. The number of amides is 1. The Bertz CT molecular complexity index is 943. The fraction of sp³-hybridized carbons (Fsp3) is 0.0667. The van der Waals surface area contributed by atoms with Gasteiger partial charge < -0.3 is 9.73 Å². The Hall–Kier alpha value is -2.45. The van der Waals surface area contributed by atoms with Crippen LogP contribution in [0, 0.1) is 0 Å². The molecule has 0 aliphatic heterocycles. The molecule has 23 heavy (non-hydrogen) atoms. The van der Waals surface area contributed by atoms with Gasteiger partial charge in [0.05, 0.1) is 5.69 Å². The number of carbonyl (C=O) groups excluding carboxylic acids is 1. The van der Waals surface area contributed by atoms with Crippen molar-refractivity contribution < 1.29 is 17.6 Å². The smallest absolute Gasteiger partial charge is 0.292 e.